The van der Waals surface area contributed by atoms with Crippen LogP contribution in [0.15, 0.2) is 47.4 Å². The van der Waals surface area contributed by atoms with Gasteiger partial charge in [0.15, 0.2) is 0 Å². The lowest BCUT2D eigenvalue weighted by Gasteiger charge is -2.13. The SMILES string of the molecule is Cc1cccc(NS(=O)(=O)c2cc(NC(=O)CCc3c(C)nn(CCC#N)c3C)ccc2C)c1. The number of carbonyl (C=O) groups is 1. The molecule has 0 spiro atoms. The maximum absolute atomic E-state index is 13.0. The first-order valence-corrected chi connectivity index (χ1v) is 12.5. The summed E-state index contributed by atoms with van der Waals surface area (Å²) in [5.41, 5.74) is 5.20. The van der Waals surface area contributed by atoms with Gasteiger partial charge in [-0.2, -0.15) is 10.4 Å². The van der Waals surface area contributed by atoms with Crippen molar-refractivity contribution in [2.75, 3.05) is 10.0 Å². The van der Waals surface area contributed by atoms with Crippen molar-refractivity contribution in [2.45, 2.75) is 58.4 Å². The second-order valence-corrected chi connectivity index (χ2v) is 9.93. The lowest BCUT2D eigenvalue weighted by molar-refractivity contribution is -0.116. The van der Waals surface area contributed by atoms with Gasteiger partial charge >= 0.3 is 0 Å². The first kappa shape index (κ1) is 25.0. The minimum atomic E-state index is -3.83. The Morgan fingerprint density at radius 3 is 2.56 bits per heavy atom. The van der Waals surface area contributed by atoms with Crippen LogP contribution in [0.4, 0.5) is 11.4 Å². The minimum absolute atomic E-state index is 0.109. The number of aryl methyl sites for hydroxylation is 4. The Morgan fingerprint density at radius 2 is 1.85 bits per heavy atom. The van der Waals surface area contributed by atoms with Gasteiger partial charge in [0, 0.05) is 23.5 Å². The molecule has 0 fully saturated rings. The average molecular weight is 480 g/mol. The van der Waals surface area contributed by atoms with E-state index in [4.69, 9.17) is 5.26 Å². The summed E-state index contributed by atoms with van der Waals surface area (Å²) in [6.07, 6.45) is 1.10. The van der Waals surface area contributed by atoms with Gasteiger partial charge in [-0.25, -0.2) is 8.42 Å². The molecule has 2 aromatic carbocycles. The van der Waals surface area contributed by atoms with Crippen LogP contribution in [-0.4, -0.2) is 24.1 Å². The van der Waals surface area contributed by atoms with E-state index in [9.17, 15) is 13.2 Å². The third-order valence-electron chi connectivity index (χ3n) is 5.60. The molecule has 178 valence electrons. The molecular weight excluding hydrogens is 450 g/mol. The summed E-state index contributed by atoms with van der Waals surface area (Å²) in [5, 5.41) is 16.1. The lowest BCUT2D eigenvalue weighted by atomic mass is 10.1. The van der Waals surface area contributed by atoms with Crippen LogP contribution < -0.4 is 10.0 Å². The van der Waals surface area contributed by atoms with Gasteiger partial charge in [-0.15, -0.1) is 0 Å². The van der Waals surface area contributed by atoms with Gasteiger partial charge in [0.2, 0.25) is 5.91 Å². The first-order chi connectivity index (χ1) is 16.1. The van der Waals surface area contributed by atoms with Crippen LogP contribution in [-0.2, 0) is 27.8 Å². The predicted molar refractivity (Wildman–Crippen MR) is 132 cm³/mol. The van der Waals surface area contributed by atoms with Crippen LogP contribution >= 0.6 is 0 Å². The highest BCUT2D eigenvalue weighted by Crippen LogP contribution is 2.24. The zero-order chi connectivity index (χ0) is 24.9. The molecule has 0 unspecified atom stereocenters. The van der Waals surface area contributed by atoms with Crippen LogP contribution in [0.25, 0.3) is 0 Å². The van der Waals surface area contributed by atoms with Gasteiger partial charge in [0.25, 0.3) is 10.0 Å². The fourth-order valence-corrected chi connectivity index (χ4v) is 5.14. The zero-order valence-electron chi connectivity index (χ0n) is 19.8. The van der Waals surface area contributed by atoms with Crippen LogP contribution in [0, 0.1) is 39.0 Å². The number of sulfonamides is 1. The fourth-order valence-electron chi connectivity index (χ4n) is 3.82. The summed E-state index contributed by atoms with van der Waals surface area (Å²) in [6, 6.07) is 14.1. The monoisotopic (exact) mass is 479 g/mol. The number of hydrogen-bond donors (Lipinski definition) is 2. The van der Waals surface area contributed by atoms with Gasteiger partial charge in [0.05, 0.1) is 29.6 Å². The van der Waals surface area contributed by atoms with E-state index < -0.39 is 10.0 Å². The number of benzene rings is 2. The van der Waals surface area contributed by atoms with E-state index >= 15 is 0 Å². The Labute approximate surface area is 200 Å². The number of aromatic nitrogens is 2. The standard InChI is InChI=1S/C25H29N5O3S/c1-17-7-5-8-22(15-17)29-34(32,33)24-16-21(10-9-18(24)2)27-25(31)12-11-23-19(3)28-30(20(23)4)14-6-13-26/h5,7-10,15-16,29H,6,11-12,14H2,1-4H3,(H,27,31). The van der Waals surface area contributed by atoms with Crippen molar-refractivity contribution in [1.29, 1.82) is 5.26 Å². The molecule has 1 heterocycles. The molecule has 3 aromatic rings. The van der Waals surface area contributed by atoms with Crippen LogP contribution in [0.1, 0.15) is 40.9 Å². The average Bonchev–Trinajstić information content (AvgIpc) is 3.04. The molecule has 0 aliphatic carbocycles. The molecule has 0 atom stereocenters. The van der Waals surface area contributed by atoms with Crippen LogP contribution in [0.3, 0.4) is 0 Å². The van der Waals surface area contributed by atoms with Crippen molar-refractivity contribution >= 4 is 27.3 Å². The van der Waals surface area contributed by atoms with Crippen molar-refractivity contribution in [3.63, 3.8) is 0 Å². The van der Waals surface area contributed by atoms with E-state index in [0.29, 0.717) is 36.3 Å². The molecule has 9 heteroatoms. The molecule has 0 radical (unpaired) electrons. The highest BCUT2D eigenvalue weighted by molar-refractivity contribution is 7.92. The molecule has 0 aliphatic rings. The second kappa shape index (κ2) is 10.5. The summed E-state index contributed by atoms with van der Waals surface area (Å²) in [4.78, 5) is 12.7. The minimum Gasteiger partial charge on any atom is -0.326 e. The van der Waals surface area contributed by atoms with Gasteiger partial charge in [0.1, 0.15) is 0 Å². The molecule has 1 aromatic heterocycles. The van der Waals surface area contributed by atoms with E-state index in [2.05, 4.69) is 21.2 Å². The third-order valence-corrected chi connectivity index (χ3v) is 7.12. The van der Waals surface area contributed by atoms with E-state index in [1.807, 2.05) is 26.8 Å². The first-order valence-electron chi connectivity index (χ1n) is 11.0. The maximum atomic E-state index is 13.0. The quantitative estimate of drug-likeness (QED) is 0.472. The van der Waals surface area contributed by atoms with Crippen molar-refractivity contribution in [3.05, 3.63) is 70.5 Å². The van der Waals surface area contributed by atoms with Gasteiger partial charge in [-0.05, 0) is 75.1 Å². The van der Waals surface area contributed by atoms with E-state index in [1.165, 1.54) is 6.07 Å². The summed E-state index contributed by atoms with van der Waals surface area (Å²) < 4.78 is 30.4. The topological polar surface area (TPSA) is 117 Å². The van der Waals surface area contributed by atoms with Crippen LogP contribution in [0.2, 0.25) is 0 Å². The number of nitrogens with zero attached hydrogens (tertiary/aromatic N) is 3. The number of anilines is 2. The predicted octanol–water partition coefficient (Wildman–Crippen LogP) is 4.40. The molecule has 0 bridgehead atoms. The fraction of sp³-hybridized carbons (Fsp3) is 0.320. The highest BCUT2D eigenvalue weighted by Gasteiger charge is 2.19. The maximum Gasteiger partial charge on any atom is 0.262 e. The summed E-state index contributed by atoms with van der Waals surface area (Å²) in [7, 11) is -3.83. The largest absolute Gasteiger partial charge is 0.326 e. The molecule has 34 heavy (non-hydrogen) atoms. The van der Waals surface area contributed by atoms with Crippen molar-refractivity contribution in [1.82, 2.24) is 9.78 Å². The Morgan fingerprint density at radius 1 is 1.09 bits per heavy atom. The van der Waals surface area contributed by atoms with Crippen molar-refractivity contribution in [3.8, 4) is 6.07 Å². The molecule has 8 nitrogen and oxygen atoms in total. The van der Waals surface area contributed by atoms with Crippen molar-refractivity contribution < 1.29 is 13.2 Å². The molecule has 1 amide bonds. The second-order valence-electron chi connectivity index (χ2n) is 8.28. The molecule has 0 aliphatic heterocycles. The van der Waals surface area contributed by atoms with Gasteiger partial charge in [-0.3, -0.25) is 14.2 Å². The molecular formula is C25H29N5O3S. The molecule has 0 saturated carbocycles. The number of rotatable bonds is 9. The Balaban J connectivity index is 1.70. The highest BCUT2D eigenvalue weighted by atomic mass is 32.2. The van der Waals surface area contributed by atoms with Crippen molar-refractivity contribution in [2.24, 2.45) is 0 Å². The summed E-state index contributed by atoms with van der Waals surface area (Å²) in [5.74, 6) is -0.220. The molecule has 3 rings (SSSR count). The van der Waals surface area contributed by atoms with E-state index in [0.717, 1.165) is 22.5 Å². The molecule has 0 saturated heterocycles. The lowest BCUT2D eigenvalue weighted by Crippen LogP contribution is -2.16. The zero-order valence-corrected chi connectivity index (χ0v) is 20.7. The Bertz CT molecular complexity index is 1350. The van der Waals surface area contributed by atoms with Gasteiger partial charge < -0.3 is 5.32 Å². The number of amides is 1. The smallest absolute Gasteiger partial charge is 0.262 e. The van der Waals surface area contributed by atoms with Crippen LogP contribution in [0.5, 0.6) is 0 Å². The summed E-state index contributed by atoms with van der Waals surface area (Å²) in [6.45, 7) is 7.95. The van der Waals surface area contributed by atoms with E-state index in [-0.39, 0.29) is 17.2 Å². The Hall–Kier alpha value is -3.64. The number of nitrogens with one attached hydrogen (secondary N) is 2. The number of carbonyl (C=O) groups excluding carboxylic acids is 1. The molecule has 2 N–H and O–H groups in total. The summed E-state index contributed by atoms with van der Waals surface area (Å²) >= 11 is 0. The number of nitriles is 1. The third kappa shape index (κ3) is 6.02. The van der Waals surface area contributed by atoms with Gasteiger partial charge in [-0.1, -0.05) is 18.2 Å². The number of hydrogen-bond acceptors (Lipinski definition) is 5. The normalized spacial score (nSPS) is 11.1. The Kier molecular flexibility index (Phi) is 7.74. The van der Waals surface area contributed by atoms with E-state index in [1.54, 1.807) is 41.9 Å².